The second-order valence-corrected chi connectivity index (χ2v) is 4.46. The van der Waals surface area contributed by atoms with Crippen LogP contribution in [0.2, 0.25) is 0 Å². The van der Waals surface area contributed by atoms with Crippen LogP contribution in [0.3, 0.4) is 0 Å². The molecule has 0 aliphatic carbocycles. The number of rotatable bonds is 2. The molecule has 0 aliphatic heterocycles. The monoisotopic (exact) mass is 267 g/mol. The summed E-state index contributed by atoms with van der Waals surface area (Å²) in [5.74, 6) is 1.02. The van der Waals surface area contributed by atoms with Crippen molar-refractivity contribution >= 4 is 5.95 Å². The van der Waals surface area contributed by atoms with E-state index < -0.39 is 0 Å². The van der Waals surface area contributed by atoms with Crippen molar-refractivity contribution in [1.29, 1.82) is 0 Å². The molecule has 2 N–H and O–H groups in total. The lowest BCUT2D eigenvalue weighted by Gasteiger charge is -2.06. The highest BCUT2D eigenvalue weighted by Crippen LogP contribution is 2.19. The van der Waals surface area contributed by atoms with Gasteiger partial charge in [-0.3, -0.25) is 0 Å². The van der Waals surface area contributed by atoms with E-state index in [0.29, 0.717) is 11.8 Å². The maximum Gasteiger partial charge on any atom is 0.257 e. The molecule has 7 heteroatoms. The van der Waals surface area contributed by atoms with Crippen LogP contribution in [0.15, 0.2) is 30.9 Å². The molecule has 100 valence electrons. The first-order valence-electron chi connectivity index (χ1n) is 6.07. The van der Waals surface area contributed by atoms with Gasteiger partial charge in [0.1, 0.15) is 12.7 Å². The van der Waals surface area contributed by atoms with Crippen LogP contribution < -0.4 is 5.73 Å². The van der Waals surface area contributed by atoms with E-state index in [1.807, 2.05) is 25.1 Å². The van der Waals surface area contributed by atoms with E-state index in [9.17, 15) is 0 Å². The van der Waals surface area contributed by atoms with Crippen molar-refractivity contribution < 1.29 is 0 Å². The highest BCUT2D eigenvalue weighted by atomic mass is 15.4. The Morgan fingerprint density at radius 3 is 2.60 bits per heavy atom. The second kappa shape index (κ2) is 4.69. The normalized spacial score (nSPS) is 10.7. The van der Waals surface area contributed by atoms with Crippen molar-refractivity contribution in [2.24, 2.45) is 0 Å². The van der Waals surface area contributed by atoms with E-state index in [4.69, 9.17) is 5.73 Å². The van der Waals surface area contributed by atoms with Gasteiger partial charge in [0, 0.05) is 5.56 Å². The van der Waals surface area contributed by atoms with Gasteiger partial charge in [-0.25, -0.2) is 4.98 Å². The minimum atomic E-state index is 0.152. The van der Waals surface area contributed by atoms with Gasteiger partial charge >= 0.3 is 0 Å². The van der Waals surface area contributed by atoms with Gasteiger partial charge in [0.2, 0.25) is 5.95 Å². The Bertz CT molecular complexity index is 749. The number of nitrogen functional groups attached to an aromatic ring is 1. The fourth-order valence-corrected chi connectivity index (χ4v) is 1.80. The summed E-state index contributed by atoms with van der Waals surface area (Å²) in [6.07, 6.45) is 2.93. The third kappa shape index (κ3) is 2.20. The standard InChI is InChI=1S/C13H13N7/c1-8-3-4-10(5-9(8)2)11-17-12(14)19-13(18-11)20-7-15-6-16-20/h3-7H,1-2H3,(H2,14,17,18,19). The summed E-state index contributed by atoms with van der Waals surface area (Å²) < 4.78 is 1.45. The minimum absolute atomic E-state index is 0.152. The zero-order chi connectivity index (χ0) is 14.1. The van der Waals surface area contributed by atoms with Crippen molar-refractivity contribution in [2.75, 3.05) is 5.73 Å². The molecule has 3 rings (SSSR count). The molecule has 7 nitrogen and oxygen atoms in total. The molecule has 2 aromatic heterocycles. The van der Waals surface area contributed by atoms with Crippen molar-refractivity contribution in [3.05, 3.63) is 42.0 Å². The van der Waals surface area contributed by atoms with Crippen molar-refractivity contribution in [2.45, 2.75) is 13.8 Å². The van der Waals surface area contributed by atoms with E-state index in [1.54, 1.807) is 0 Å². The molecular weight excluding hydrogens is 254 g/mol. The lowest BCUT2D eigenvalue weighted by molar-refractivity contribution is 0.800. The number of benzene rings is 1. The number of aromatic nitrogens is 6. The first kappa shape index (κ1) is 12.2. The molecule has 0 bridgehead atoms. The van der Waals surface area contributed by atoms with Crippen LogP contribution in [-0.4, -0.2) is 29.7 Å². The van der Waals surface area contributed by atoms with E-state index >= 15 is 0 Å². The Hall–Kier alpha value is -2.83. The summed E-state index contributed by atoms with van der Waals surface area (Å²) in [5.41, 5.74) is 9.02. The number of nitrogens with two attached hydrogens (primary N) is 1. The smallest absolute Gasteiger partial charge is 0.257 e. The summed E-state index contributed by atoms with van der Waals surface area (Å²) in [6.45, 7) is 4.10. The van der Waals surface area contributed by atoms with Gasteiger partial charge in [-0.15, -0.1) is 0 Å². The highest BCUT2D eigenvalue weighted by Gasteiger charge is 2.09. The first-order chi connectivity index (χ1) is 9.63. The van der Waals surface area contributed by atoms with Gasteiger partial charge in [-0.2, -0.15) is 24.7 Å². The topological polar surface area (TPSA) is 95.4 Å². The first-order valence-corrected chi connectivity index (χ1v) is 6.07. The molecule has 0 spiro atoms. The number of aryl methyl sites for hydroxylation is 2. The number of hydrogen-bond acceptors (Lipinski definition) is 6. The molecule has 0 atom stereocenters. The Morgan fingerprint density at radius 1 is 1.05 bits per heavy atom. The molecule has 0 aliphatic rings. The average Bonchev–Trinajstić information content (AvgIpc) is 2.95. The lowest BCUT2D eigenvalue weighted by Crippen LogP contribution is -2.08. The summed E-state index contributed by atoms with van der Waals surface area (Å²) in [5, 5.41) is 3.99. The van der Waals surface area contributed by atoms with E-state index in [0.717, 1.165) is 5.56 Å². The predicted octanol–water partition coefficient (Wildman–Crippen LogP) is 1.32. The Morgan fingerprint density at radius 2 is 1.90 bits per heavy atom. The van der Waals surface area contributed by atoms with E-state index in [1.165, 1.54) is 28.5 Å². The third-order valence-corrected chi connectivity index (χ3v) is 3.03. The van der Waals surface area contributed by atoms with Crippen LogP contribution in [0.25, 0.3) is 17.3 Å². The molecular formula is C13H13N7. The predicted molar refractivity (Wildman–Crippen MR) is 74.1 cm³/mol. The molecule has 0 amide bonds. The molecule has 20 heavy (non-hydrogen) atoms. The fourth-order valence-electron chi connectivity index (χ4n) is 1.80. The van der Waals surface area contributed by atoms with Gasteiger partial charge in [0.25, 0.3) is 5.95 Å². The molecule has 2 heterocycles. The van der Waals surface area contributed by atoms with E-state index in [-0.39, 0.29) is 5.95 Å². The Balaban J connectivity index is 2.12. The lowest BCUT2D eigenvalue weighted by atomic mass is 10.1. The quantitative estimate of drug-likeness (QED) is 0.752. The van der Waals surface area contributed by atoms with Crippen molar-refractivity contribution in [3.63, 3.8) is 0 Å². The Kier molecular flexibility index (Phi) is 2.86. The molecule has 0 saturated heterocycles. The summed E-state index contributed by atoms with van der Waals surface area (Å²) in [4.78, 5) is 16.5. The highest BCUT2D eigenvalue weighted by molar-refractivity contribution is 5.58. The Labute approximate surface area is 115 Å². The number of anilines is 1. The molecule has 0 unspecified atom stereocenters. The van der Waals surface area contributed by atoms with Crippen LogP contribution >= 0.6 is 0 Å². The van der Waals surface area contributed by atoms with Crippen LogP contribution in [-0.2, 0) is 0 Å². The van der Waals surface area contributed by atoms with Gasteiger partial charge in [-0.1, -0.05) is 12.1 Å². The largest absolute Gasteiger partial charge is 0.368 e. The average molecular weight is 267 g/mol. The SMILES string of the molecule is Cc1ccc(-c2nc(N)nc(-n3cncn3)n2)cc1C. The van der Waals surface area contributed by atoms with Gasteiger partial charge in [0.05, 0.1) is 0 Å². The van der Waals surface area contributed by atoms with Crippen molar-refractivity contribution in [1.82, 2.24) is 29.7 Å². The molecule has 0 radical (unpaired) electrons. The van der Waals surface area contributed by atoms with Gasteiger partial charge in [-0.05, 0) is 31.0 Å². The van der Waals surface area contributed by atoms with Crippen LogP contribution in [0.5, 0.6) is 0 Å². The number of nitrogens with zero attached hydrogens (tertiary/aromatic N) is 6. The van der Waals surface area contributed by atoms with Crippen molar-refractivity contribution in [3.8, 4) is 17.3 Å². The third-order valence-electron chi connectivity index (χ3n) is 3.03. The molecule has 0 saturated carbocycles. The van der Waals surface area contributed by atoms with Crippen LogP contribution in [0.1, 0.15) is 11.1 Å². The van der Waals surface area contributed by atoms with Crippen LogP contribution in [0, 0.1) is 13.8 Å². The molecule has 3 aromatic rings. The number of hydrogen-bond donors (Lipinski definition) is 1. The van der Waals surface area contributed by atoms with Crippen LogP contribution in [0.4, 0.5) is 5.95 Å². The van der Waals surface area contributed by atoms with E-state index in [2.05, 4.69) is 32.0 Å². The van der Waals surface area contributed by atoms with Gasteiger partial charge in [0.15, 0.2) is 5.82 Å². The minimum Gasteiger partial charge on any atom is -0.368 e. The summed E-state index contributed by atoms with van der Waals surface area (Å²) >= 11 is 0. The molecule has 1 aromatic carbocycles. The molecule has 0 fully saturated rings. The second-order valence-electron chi connectivity index (χ2n) is 4.46. The summed E-state index contributed by atoms with van der Waals surface area (Å²) in [6, 6.07) is 6.01. The fraction of sp³-hybridized carbons (Fsp3) is 0.154. The maximum atomic E-state index is 5.75. The van der Waals surface area contributed by atoms with Gasteiger partial charge < -0.3 is 5.73 Å². The zero-order valence-electron chi connectivity index (χ0n) is 11.1. The summed E-state index contributed by atoms with van der Waals surface area (Å²) in [7, 11) is 0. The maximum absolute atomic E-state index is 5.75. The zero-order valence-corrected chi connectivity index (χ0v) is 11.1.